The third-order valence-corrected chi connectivity index (χ3v) is 2.78. The van der Waals surface area contributed by atoms with Crippen molar-refractivity contribution >= 4 is 0 Å². The van der Waals surface area contributed by atoms with Crippen molar-refractivity contribution < 1.29 is 9.47 Å². The fourth-order valence-electron chi connectivity index (χ4n) is 1.65. The van der Waals surface area contributed by atoms with Gasteiger partial charge in [-0.05, 0) is 38.0 Å². The maximum atomic E-state index is 5.86. The lowest BCUT2D eigenvalue weighted by Crippen LogP contribution is -2.15. The largest absolute Gasteiger partial charge is 0.490 e. The van der Waals surface area contributed by atoms with Crippen LogP contribution in [0.1, 0.15) is 37.4 Å². The van der Waals surface area contributed by atoms with Crippen molar-refractivity contribution in [1.82, 2.24) is 0 Å². The minimum Gasteiger partial charge on any atom is -0.490 e. The topological polar surface area (TPSA) is 44.5 Å². The molecule has 0 saturated heterocycles. The number of nitrogens with two attached hydrogens (primary N) is 1. The molecular weight excluding hydrogens is 214 g/mol. The highest BCUT2D eigenvalue weighted by atomic mass is 16.5. The van der Waals surface area contributed by atoms with Gasteiger partial charge in [0, 0.05) is 26.2 Å². The second-order valence-electron chi connectivity index (χ2n) is 4.52. The number of methoxy groups -OCH3 is 1. The Hall–Kier alpha value is -1.06. The van der Waals surface area contributed by atoms with Crippen molar-refractivity contribution in [2.24, 2.45) is 5.73 Å². The number of ether oxygens (including phenoxy) is 2. The van der Waals surface area contributed by atoms with E-state index in [1.165, 1.54) is 0 Å². The molecule has 0 amide bonds. The third kappa shape index (κ3) is 4.36. The van der Waals surface area contributed by atoms with Crippen LogP contribution in [-0.2, 0) is 4.74 Å². The molecule has 0 spiro atoms. The highest BCUT2D eigenvalue weighted by molar-refractivity contribution is 5.37. The van der Waals surface area contributed by atoms with Gasteiger partial charge in [-0.2, -0.15) is 0 Å². The molecule has 0 aliphatic heterocycles. The summed E-state index contributed by atoms with van der Waals surface area (Å²) in [4.78, 5) is 0. The third-order valence-electron chi connectivity index (χ3n) is 2.78. The van der Waals surface area contributed by atoms with Crippen LogP contribution in [0, 0.1) is 6.92 Å². The number of hydrogen-bond donors (Lipinski definition) is 1. The number of aryl methyl sites for hydroxylation is 1. The van der Waals surface area contributed by atoms with E-state index in [0.717, 1.165) is 29.9 Å². The molecule has 0 fully saturated rings. The van der Waals surface area contributed by atoms with Crippen molar-refractivity contribution in [3.63, 3.8) is 0 Å². The molecular formula is C14H23NO2. The molecule has 0 heterocycles. The van der Waals surface area contributed by atoms with E-state index in [2.05, 4.69) is 13.0 Å². The summed E-state index contributed by atoms with van der Waals surface area (Å²) in [7, 11) is 1.70. The van der Waals surface area contributed by atoms with E-state index in [0.29, 0.717) is 0 Å². The Kier molecular flexibility index (Phi) is 5.45. The minimum atomic E-state index is 0.0636. The lowest BCUT2D eigenvalue weighted by atomic mass is 10.1. The van der Waals surface area contributed by atoms with Gasteiger partial charge < -0.3 is 15.2 Å². The highest BCUT2D eigenvalue weighted by Gasteiger charge is 2.08. The first-order valence-electron chi connectivity index (χ1n) is 6.06. The van der Waals surface area contributed by atoms with Crippen molar-refractivity contribution in [1.29, 1.82) is 0 Å². The standard InChI is InChI=1S/C14H23NO2/c1-10-9-13(12(3)15)5-6-14(10)17-11(2)7-8-16-4/h5-6,9,11-12H,7-8,15H2,1-4H3. The fourth-order valence-corrected chi connectivity index (χ4v) is 1.65. The van der Waals surface area contributed by atoms with Crippen LogP contribution in [0.4, 0.5) is 0 Å². The van der Waals surface area contributed by atoms with Crippen LogP contribution in [0.2, 0.25) is 0 Å². The van der Waals surface area contributed by atoms with Crippen LogP contribution < -0.4 is 10.5 Å². The molecule has 2 N–H and O–H groups in total. The molecule has 0 radical (unpaired) electrons. The van der Waals surface area contributed by atoms with Gasteiger partial charge in [-0.3, -0.25) is 0 Å². The van der Waals surface area contributed by atoms with Gasteiger partial charge in [0.1, 0.15) is 5.75 Å². The minimum absolute atomic E-state index is 0.0636. The van der Waals surface area contributed by atoms with Gasteiger partial charge in [0.25, 0.3) is 0 Å². The second kappa shape index (κ2) is 6.62. The molecule has 0 saturated carbocycles. The Morgan fingerprint density at radius 1 is 1.29 bits per heavy atom. The summed E-state index contributed by atoms with van der Waals surface area (Å²) in [5.74, 6) is 0.929. The normalized spacial score (nSPS) is 14.4. The van der Waals surface area contributed by atoms with Gasteiger partial charge in [-0.15, -0.1) is 0 Å². The van der Waals surface area contributed by atoms with Crippen molar-refractivity contribution in [3.05, 3.63) is 29.3 Å². The van der Waals surface area contributed by atoms with Crippen molar-refractivity contribution in [2.45, 2.75) is 39.3 Å². The predicted octanol–water partition coefficient (Wildman–Crippen LogP) is 2.82. The van der Waals surface area contributed by atoms with E-state index >= 15 is 0 Å². The Bertz CT molecular complexity index is 350. The zero-order chi connectivity index (χ0) is 12.8. The molecule has 17 heavy (non-hydrogen) atoms. The smallest absolute Gasteiger partial charge is 0.122 e. The van der Waals surface area contributed by atoms with Crippen LogP contribution in [0.3, 0.4) is 0 Å². The van der Waals surface area contributed by atoms with E-state index < -0.39 is 0 Å². The van der Waals surface area contributed by atoms with E-state index in [4.69, 9.17) is 15.2 Å². The summed E-state index contributed by atoms with van der Waals surface area (Å²) in [6, 6.07) is 6.17. The summed E-state index contributed by atoms with van der Waals surface area (Å²) in [5.41, 5.74) is 8.11. The van der Waals surface area contributed by atoms with Crippen molar-refractivity contribution in [2.75, 3.05) is 13.7 Å². The zero-order valence-corrected chi connectivity index (χ0v) is 11.2. The first-order valence-corrected chi connectivity index (χ1v) is 6.06. The molecule has 1 rings (SSSR count). The van der Waals surface area contributed by atoms with Crippen LogP contribution in [0.5, 0.6) is 5.75 Å². The Balaban J connectivity index is 2.65. The Morgan fingerprint density at radius 2 is 2.00 bits per heavy atom. The summed E-state index contributed by atoms with van der Waals surface area (Å²) in [6.45, 7) is 6.80. The van der Waals surface area contributed by atoms with Crippen LogP contribution in [-0.4, -0.2) is 19.8 Å². The Morgan fingerprint density at radius 3 is 2.53 bits per heavy atom. The van der Waals surface area contributed by atoms with Gasteiger partial charge in [0.05, 0.1) is 6.10 Å². The van der Waals surface area contributed by atoms with Gasteiger partial charge in [0.2, 0.25) is 0 Å². The van der Waals surface area contributed by atoms with Crippen LogP contribution in [0.25, 0.3) is 0 Å². The average molecular weight is 237 g/mol. The van der Waals surface area contributed by atoms with Crippen molar-refractivity contribution in [3.8, 4) is 5.75 Å². The molecule has 1 aromatic rings. The quantitative estimate of drug-likeness (QED) is 0.827. The SMILES string of the molecule is COCCC(C)Oc1ccc(C(C)N)cc1C. The summed E-state index contributed by atoms with van der Waals surface area (Å²) in [5, 5.41) is 0. The molecule has 0 aromatic heterocycles. The average Bonchev–Trinajstić information content (AvgIpc) is 2.28. The summed E-state index contributed by atoms with van der Waals surface area (Å²) in [6.07, 6.45) is 1.06. The molecule has 0 aliphatic rings. The maximum Gasteiger partial charge on any atom is 0.122 e. The van der Waals surface area contributed by atoms with E-state index in [1.807, 2.05) is 26.0 Å². The van der Waals surface area contributed by atoms with Gasteiger partial charge in [0.15, 0.2) is 0 Å². The van der Waals surface area contributed by atoms with Crippen LogP contribution >= 0.6 is 0 Å². The molecule has 2 atom stereocenters. The maximum absolute atomic E-state index is 5.86. The predicted molar refractivity (Wildman–Crippen MR) is 70.4 cm³/mol. The monoisotopic (exact) mass is 237 g/mol. The molecule has 3 heteroatoms. The lowest BCUT2D eigenvalue weighted by Gasteiger charge is -2.17. The van der Waals surface area contributed by atoms with E-state index in [-0.39, 0.29) is 12.1 Å². The molecule has 0 aliphatic carbocycles. The van der Waals surface area contributed by atoms with Gasteiger partial charge >= 0.3 is 0 Å². The lowest BCUT2D eigenvalue weighted by molar-refractivity contribution is 0.134. The number of hydrogen-bond acceptors (Lipinski definition) is 3. The van der Waals surface area contributed by atoms with E-state index in [1.54, 1.807) is 7.11 Å². The molecule has 0 bridgehead atoms. The summed E-state index contributed by atoms with van der Waals surface area (Å²) < 4.78 is 10.9. The number of rotatable bonds is 6. The molecule has 1 aromatic carbocycles. The number of benzene rings is 1. The van der Waals surface area contributed by atoms with Gasteiger partial charge in [-0.1, -0.05) is 12.1 Å². The fraction of sp³-hybridized carbons (Fsp3) is 0.571. The second-order valence-corrected chi connectivity index (χ2v) is 4.52. The summed E-state index contributed by atoms with van der Waals surface area (Å²) >= 11 is 0. The Labute approximate surface area is 104 Å². The first-order chi connectivity index (χ1) is 8.04. The molecule has 2 unspecified atom stereocenters. The first kappa shape index (κ1) is 14.0. The molecule has 96 valence electrons. The van der Waals surface area contributed by atoms with Gasteiger partial charge in [-0.25, -0.2) is 0 Å². The molecule has 3 nitrogen and oxygen atoms in total. The highest BCUT2D eigenvalue weighted by Crippen LogP contribution is 2.23. The zero-order valence-electron chi connectivity index (χ0n) is 11.2. The van der Waals surface area contributed by atoms with E-state index in [9.17, 15) is 0 Å². The van der Waals surface area contributed by atoms with Crippen LogP contribution in [0.15, 0.2) is 18.2 Å².